The Kier molecular flexibility index (Phi) is 5.17. The van der Waals surface area contributed by atoms with Gasteiger partial charge in [0.25, 0.3) is 5.91 Å². The maximum Gasteiger partial charge on any atom is 0.271 e. The van der Waals surface area contributed by atoms with Crippen molar-refractivity contribution in [2.24, 2.45) is 11.8 Å². The Balaban J connectivity index is 1.94. The maximum absolute atomic E-state index is 12.1. The molecule has 1 aromatic rings. The van der Waals surface area contributed by atoms with Crippen LogP contribution in [-0.4, -0.2) is 42.5 Å². The van der Waals surface area contributed by atoms with Crippen molar-refractivity contribution in [3.8, 4) is 0 Å². The van der Waals surface area contributed by atoms with Gasteiger partial charge in [0.15, 0.2) is 0 Å². The average molecular weight is 298 g/mol. The lowest BCUT2D eigenvalue weighted by Crippen LogP contribution is -2.39. The number of nitrogen functional groups attached to an aromatic ring is 1. The third kappa shape index (κ3) is 3.82. The Hall–Kier alpha value is -1.37. The number of anilines is 1. The molecule has 1 fully saturated rings. The first-order valence-electron chi connectivity index (χ1n) is 6.70. The van der Waals surface area contributed by atoms with Crippen molar-refractivity contribution in [3.05, 3.63) is 22.8 Å². The molecule has 4 N–H and O–H groups in total. The van der Waals surface area contributed by atoms with Crippen molar-refractivity contribution in [1.82, 2.24) is 15.2 Å². The van der Waals surface area contributed by atoms with Gasteiger partial charge in [0.2, 0.25) is 0 Å². The first kappa shape index (κ1) is 15.0. The highest BCUT2D eigenvalue weighted by Gasteiger charge is 2.19. The minimum Gasteiger partial charge on any atom is -0.350 e. The highest BCUT2D eigenvalue weighted by molar-refractivity contribution is 6.33. The van der Waals surface area contributed by atoms with Crippen LogP contribution in [-0.2, 0) is 0 Å². The average Bonchev–Trinajstić information content (AvgIpc) is 2.45. The van der Waals surface area contributed by atoms with Gasteiger partial charge in [-0.25, -0.2) is 10.8 Å². The fourth-order valence-corrected chi connectivity index (χ4v) is 2.63. The normalized spacial score (nSPS) is 19.6. The van der Waals surface area contributed by atoms with Crippen LogP contribution in [0.5, 0.6) is 0 Å². The highest BCUT2D eigenvalue weighted by Crippen LogP contribution is 2.17. The number of piperidine rings is 1. The first-order valence-corrected chi connectivity index (χ1v) is 7.08. The molecular weight excluding hydrogens is 278 g/mol. The molecule has 1 atom stereocenters. The van der Waals surface area contributed by atoms with Crippen LogP contribution in [0.25, 0.3) is 0 Å². The number of nitrogens with two attached hydrogens (primary N) is 1. The highest BCUT2D eigenvalue weighted by atomic mass is 35.5. The van der Waals surface area contributed by atoms with Gasteiger partial charge in [0.05, 0.1) is 5.02 Å². The van der Waals surface area contributed by atoms with Gasteiger partial charge in [-0.05, 0) is 44.5 Å². The number of carbonyl (C=O) groups is 1. The van der Waals surface area contributed by atoms with Gasteiger partial charge in [0, 0.05) is 13.1 Å². The molecule has 6 nitrogen and oxygen atoms in total. The molecule has 0 bridgehead atoms. The Morgan fingerprint density at radius 3 is 3.10 bits per heavy atom. The SMILES string of the molecule is CN1CCCC(CNC(=O)c2nc(NN)ccc2Cl)C1. The molecule has 20 heavy (non-hydrogen) atoms. The zero-order chi connectivity index (χ0) is 14.5. The van der Waals surface area contributed by atoms with Crippen LogP contribution in [0.1, 0.15) is 23.3 Å². The molecule has 0 aromatic carbocycles. The van der Waals surface area contributed by atoms with E-state index in [2.05, 4.69) is 27.7 Å². The van der Waals surface area contributed by atoms with Crippen molar-refractivity contribution in [1.29, 1.82) is 0 Å². The van der Waals surface area contributed by atoms with Crippen LogP contribution in [0.2, 0.25) is 5.02 Å². The van der Waals surface area contributed by atoms with E-state index in [0.717, 1.165) is 19.5 Å². The van der Waals surface area contributed by atoms with Gasteiger partial charge in [-0.15, -0.1) is 0 Å². The Morgan fingerprint density at radius 1 is 1.60 bits per heavy atom. The lowest BCUT2D eigenvalue weighted by molar-refractivity contribution is 0.0932. The molecule has 1 unspecified atom stereocenters. The number of carbonyl (C=O) groups excluding carboxylic acids is 1. The number of rotatable bonds is 4. The summed E-state index contributed by atoms with van der Waals surface area (Å²) in [5.74, 6) is 5.91. The number of nitrogens with zero attached hydrogens (tertiary/aromatic N) is 2. The molecule has 7 heteroatoms. The predicted molar refractivity (Wildman–Crippen MR) is 79.6 cm³/mol. The van der Waals surface area contributed by atoms with E-state index in [1.165, 1.54) is 6.42 Å². The number of likely N-dealkylation sites (tertiary alicyclic amines) is 1. The third-order valence-corrected chi connectivity index (χ3v) is 3.79. The topological polar surface area (TPSA) is 83.3 Å². The van der Waals surface area contributed by atoms with Crippen molar-refractivity contribution < 1.29 is 4.79 Å². The summed E-state index contributed by atoms with van der Waals surface area (Å²) in [4.78, 5) is 18.5. The molecule has 0 saturated carbocycles. The zero-order valence-corrected chi connectivity index (χ0v) is 12.3. The second kappa shape index (κ2) is 6.88. The molecule has 1 aliphatic rings. The van der Waals surface area contributed by atoms with E-state index >= 15 is 0 Å². The van der Waals surface area contributed by atoms with Gasteiger partial charge in [-0.1, -0.05) is 11.6 Å². The van der Waals surface area contributed by atoms with Crippen LogP contribution in [0.15, 0.2) is 12.1 Å². The smallest absolute Gasteiger partial charge is 0.271 e. The van der Waals surface area contributed by atoms with Gasteiger partial charge < -0.3 is 15.6 Å². The maximum atomic E-state index is 12.1. The summed E-state index contributed by atoms with van der Waals surface area (Å²) in [6.45, 7) is 2.77. The Labute approximate surface area is 123 Å². The Bertz CT molecular complexity index is 482. The minimum atomic E-state index is -0.264. The fourth-order valence-electron chi connectivity index (χ4n) is 2.44. The number of amides is 1. The molecule has 0 spiro atoms. The molecule has 0 radical (unpaired) electrons. The van der Waals surface area contributed by atoms with Crippen molar-refractivity contribution in [2.45, 2.75) is 12.8 Å². The molecule has 1 aromatic heterocycles. The lowest BCUT2D eigenvalue weighted by Gasteiger charge is -2.29. The Morgan fingerprint density at radius 2 is 2.40 bits per heavy atom. The van der Waals surface area contributed by atoms with Gasteiger partial charge in [-0.3, -0.25) is 4.79 Å². The minimum absolute atomic E-state index is 0.200. The van der Waals surface area contributed by atoms with E-state index in [9.17, 15) is 4.79 Å². The summed E-state index contributed by atoms with van der Waals surface area (Å²) in [6.07, 6.45) is 2.30. The first-order chi connectivity index (χ1) is 9.60. The van der Waals surface area contributed by atoms with Gasteiger partial charge >= 0.3 is 0 Å². The summed E-state index contributed by atoms with van der Waals surface area (Å²) in [5.41, 5.74) is 2.60. The fraction of sp³-hybridized carbons (Fsp3) is 0.538. The summed E-state index contributed by atoms with van der Waals surface area (Å²) >= 11 is 5.99. The standard InChI is InChI=1S/C13H20ClN5O/c1-19-6-2-3-9(8-19)7-16-13(20)12-10(14)4-5-11(17-12)18-15/h4-5,9H,2-3,6-8,15H2,1H3,(H,16,20)(H,17,18). The zero-order valence-electron chi connectivity index (χ0n) is 11.5. The molecule has 1 aliphatic heterocycles. The van der Waals surface area contributed by atoms with Crippen LogP contribution in [0.3, 0.4) is 0 Å². The van der Waals surface area contributed by atoms with E-state index < -0.39 is 0 Å². The predicted octanol–water partition coefficient (Wildman–Crippen LogP) is 1.09. The van der Waals surface area contributed by atoms with E-state index in [1.54, 1.807) is 12.1 Å². The number of hydrogen-bond acceptors (Lipinski definition) is 5. The number of hydrogen-bond donors (Lipinski definition) is 3. The molecule has 0 aliphatic carbocycles. The molecular formula is C13H20ClN5O. The van der Waals surface area contributed by atoms with Crippen LogP contribution in [0.4, 0.5) is 5.82 Å². The summed E-state index contributed by atoms with van der Waals surface area (Å²) in [6, 6.07) is 3.22. The summed E-state index contributed by atoms with van der Waals surface area (Å²) < 4.78 is 0. The second-order valence-electron chi connectivity index (χ2n) is 5.15. The van der Waals surface area contributed by atoms with Crippen molar-refractivity contribution in [2.75, 3.05) is 32.1 Å². The van der Waals surface area contributed by atoms with Crippen molar-refractivity contribution in [3.63, 3.8) is 0 Å². The molecule has 1 amide bonds. The lowest BCUT2D eigenvalue weighted by atomic mass is 9.98. The van der Waals surface area contributed by atoms with E-state index in [-0.39, 0.29) is 11.6 Å². The van der Waals surface area contributed by atoms with Gasteiger partial charge in [0.1, 0.15) is 11.5 Å². The molecule has 110 valence electrons. The monoisotopic (exact) mass is 297 g/mol. The quantitative estimate of drug-likeness (QED) is 0.572. The van der Waals surface area contributed by atoms with E-state index in [0.29, 0.717) is 23.3 Å². The number of halogens is 1. The van der Waals surface area contributed by atoms with Gasteiger partial charge in [-0.2, -0.15) is 0 Å². The third-order valence-electron chi connectivity index (χ3n) is 3.48. The van der Waals surface area contributed by atoms with Crippen LogP contribution in [0, 0.1) is 5.92 Å². The van der Waals surface area contributed by atoms with Crippen LogP contribution < -0.4 is 16.6 Å². The van der Waals surface area contributed by atoms with E-state index in [1.807, 2.05) is 0 Å². The van der Waals surface area contributed by atoms with Crippen LogP contribution >= 0.6 is 11.6 Å². The number of pyridine rings is 1. The molecule has 2 heterocycles. The number of hydrazine groups is 1. The second-order valence-corrected chi connectivity index (χ2v) is 5.56. The van der Waals surface area contributed by atoms with E-state index in [4.69, 9.17) is 17.4 Å². The number of aromatic nitrogens is 1. The molecule has 1 saturated heterocycles. The molecule has 2 rings (SSSR count). The summed E-state index contributed by atoms with van der Waals surface area (Å²) in [5, 5.41) is 3.22. The largest absolute Gasteiger partial charge is 0.350 e. The summed E-state index contributed by atoms with van der Waals surface area (Å²) in [7, 11) is 2.10. The number of nitrogens with one attached hydrogen (secondary N) is 2. The van der Waals surface area contributed by atoms with Crippen molar-refractivity contribution >= 4 is 23.3 Å².